The van der Waals surface area contributed by atoms with Gasteiger partial charge in [0.15, 0.2) is 0 Å². The molecule has 1 nitrogen and oxygen atoms in total. The number of rotatable bonds is 3. The highest BCUT2D eigenvalue weighted by atomic mass is 79.9. The topological polar surface area (TPSA) is 9.23 Å². The molecule has 1 aliphatic rings. The van der Waals surface area contributed by atoms with Gasteiger partial charge in [0.25, 0.3) is 0 Å². The van der Waals surface area contributed by atoms with Gasteiger partial charge in [-0.05, 0) is 48.4 Å². The lowest BCUT2D eigenvalue weighted by Crippen LogP contribution is -2.33. The molecule has 1 aromatic rings. The van der Waals surface area contributed by atoms with Crippen LogP contribution in [0.25, 0.3) is 0 Å². The summed E-state index contributed by atoms with van der Waals surface area (Å²) in [5.74, 6) is -0.166. The highest BCUT2D eigenvalue weighted by molar-refractivity contribution is 9.09. The zero-order chi connectivity index (χ0) is 12.3. The van der Waals surface area contributed by atoms with Crippen molar-refractivity contribution in [3.8, 4) is 0 Å². The average molecular weight is 322 g/mol. The lowest BCUT2D eigenvalue weighted by Gasteiger charge is -2.36. The van der Waals surface area contributed by atoms with E-state index in [2.05, 4.69) is 15.9 Å². The number of alkyl halides is 1. The van der Waals surface area contributed by atoms with Crippen LogP contribution in [0.4, 0.5) is 4.39 Å². The fourth-order valence-corrected chi connectivity index (χ4v) is 3.20. The van der Waals surface area contributed by atoms with Gasteiger partial charge in [-0.1, -0.05) is 27.5 Å². The molecule has 0 saturated carbocycles. The van der Waals surface area contributed by atoms with Crippen LogP contribution in [0.3, 0.4) is 0 Å². The number of benzene rings is 1. The summed E-state index contributed by atoms with van der Waals surface area (Å²) in [5.41, 5.74) is 0.808. The second kappa shape index (κ2) is 5.68. The maximum absolute atomic E-state index is 13.7. The van der Waals surface area contributed by atoms with E-state index in [0.717, 1.165) is 31.4 Å². The molecule has 94 valence electrons. The quantitative estimate of drug-likeness (QED) is 0.758. The van der Waals surface area contributed by atoms with Gasteiger partial charge in [-0.3, -0.25) is 0 Å². The SMILES string of the molecule is Fc1ccc(Cl)cc1CC1(CBr)CCOCC1. The van der Waals surface area contributed by atoms with Crippen LogP contribution in [0.5, 0.6) is 0 Å². The maximum Gasteiger partial charge on any atom is 0.126 e. The first-order chi connectivity index (χ1) is 8.15. The van der Waals surface area contributed by atoms with E-state index in [1.54, 1.807) is 12.1 Å². The molecule has 0 amide bonds. The fourth-order valence-electron chi connectivity index (χ4n) is 2.24. The van der Waals surface area contributed by atoms with Gasteiger partial charge in [0, 0.05) is 23.6 Å². The van der Waals surface area contributed by atoms with Gasteiger partial charge in [0.05, 0.1) is 0 Å². The van der Waals surface area contributed by atoms with Crippen LogP contribution in [0, 0.1) is 11.2 Å². The first-order valence-corrected chi connectivity index (χ1v) is 7.23. The second-order valence-corrected chi connectivity index (χ2v) is 5.66. The van der Waals surface area contributed by atoms with E-state index < -0.39 is 0 Å². The molecule has 0 bridgehead atoms. The van der Waals surface area contributed by atoms with Crippen LogP contribution < -0.4 is 0 Å². The molecule has 0 aliphatic carbocycles. The molecule has 17 heavy (non-hydrogen) atoms. The first kappa shape index (κ1) is 13.3. The van der Waals surface area contributed by atoms with Gasteiger partial charge in [0.1, 0.15) is 5.82 Å². The summed E-state index contributed by atoms with van der Waals surface area (Å²) in [6, 6.07) is 4.76. The zero-order valence-corrected chi connectivity index (χ0v) is 11.9. The van der Waals surface area contributed by atoms with Crippen molar-refractivity contribution >= 4 is 27.5 Å². The Hall–Kier alpha value is -0.120. The van der Waals surface area contributed by atoms with E-state index in [4.69, 9.17) is 16.3 Å². The number of hydrogen-bond donors (Lipinski definition) is 0. The minimum absolute atomic E-state index is 0.101. The van der Waals surface area contributed by atoms with Crippen LogP contribution in [0.2, 0.25) is 5.02 Å². The smallest absolute Gasteiger partial charge is 0.126 e. The molecule has 4 heteroatoms. The Morgan fingerprint density at radius 3 is 2.71 bits per heavy atom. The third-order valence-corrected chi connectivity index (χ3v) is 4.83. The van der Waals surface area contributed by atoms with Crippen LogP contribution in [0.15, 0.2) is 18.2 Å². The van der Waals surface area contributed by atoms with E-state index in [1.807, 2.05) is 0 Å². The molecule has 0 aromatic heterocycles. The highest BCUT2D eigenvalue weighted by Gasteiger charge is 2.32. The standard InChI is InChI=1S/C13H15BrClFO/c14-9-13(3-5-17-6-4-13)8-10-7-11(15)1-2-12(10)16/h1-2,7H,3-6,8-9H2. The van der Waals surface area contributed by atoms with Crippen molar-refractivity contribution in [3.05, 3.63) is 34.6 Å². The minimum atomic E-state index is -0.166. The molecule has 1 aliphatic heterocycles. The largest absolute Gasteiger partial charge is 0.381 e. The van der Waals surface area contributed by atoms with Crippen molar-refractivity contribution < 1.29 is 9.13 Å². The maximum atomic E-state index is 13.7. The van der Waals surface area contributed by atoms with Crippen molar-refractivity contribution in [2.24, 2.45) is 5.41 Å². The summed E-state index contributed by atoms with van der Waals surface area (Å²) in [5, 5.41) is 1.47. The Bertz CT molecular complexity index is 391. The molecule has 1 heterocycles. The van der Waals surface area contributed by atoms with Crippen LogP contribution in [-0.2, 0) is 11.2 Å². The summed E-state index contributed by atoms with van der Waals surface area (Å²) >= 11 is 9.48. The molecule has 0 spiro atoms. The Kier molecular flexibility index (Phi) is 4.45. The normalized spacial score (nSPS) is 19.2. The summed E-state index contributed by atoms with van der Waals surface area (Å²) in [4.78, 5) is 0. The Balaban J connectivity index is 2.20. The van der Waals surface area contributed by atoms with Crippen molar-refractivity contribution in [3.63, 3.8) is 0 Å². The fraction of sp³-hybridized carbons (Fsp3) is 0.538. The van der Waals surface area contributed by atoms with E-state index in [-0.39, 0.29) is 11.2 Å². The second-order valence-electron chi connectivity index (χ2n) is 4.66. The Labute approximate surface area is 114 Å². The number of halogens is 3. The molecule has 0 unspecified atom stereocenters. The van der Waals surface area contributed by atoms with Gasteiger partial charge in [-0.15, -0.1) is 0 Å². The molecule has 0 radical (unpaired) electrons. The average Bonchev–Trinajstić information content (AvgIpc) is 2.35. The van der Waals surface area contributed by atoms with Gasteiger partial charge >= 0.3 is 0 Å². The van der Waals surface area contributed by atoms with Crippen LogP contribution >= 0.6 is 27.5 Å². The van der Waals surface area contributed by atoms with E-state index >= 15 is 0 Å². The van der Waals surface area contributed by atoms with Crippen molar-refractivity contribution in [2.45, 2.75) is 19.3 Å². The first-order valence-electron chi connectivity index (χ1n) is 5.73. The number of ether oxygens (including phenoxy) is 1. The molecule has 0 atom stereocenters. The molecular weight excluding hydrogens is 306 g/mol. The van der Waals surface area contributed by atoms with Crippen molar-refractivity contribution in [2.75, 3.05) is 18.5 Å². The van der Waals surface area contributed by atoms with Crippen LogP contribution in [0.1, 0.15) is 18.4 Å². The van der Waals surface area contributed by atoms with Crippen LogP contribution in [-0.4, -0.2) is 18.5 Å². The molecule has 2 rings (SSSR count). The lowest BCUT2D eigenvalue weighted by atomic mass is 9.77. The third-order valence-electron chi connectivity index (χ3n) is 3.41. The molecule has 1 aromatic carbocycles. The predicted molar refractivity (Wildman–Crippen MR) is 71.4 cm³/mol. The number of hydrogen-bond acceptors (Lipinski definition) is 1. The summed E-state index contributed by atoms with van der Waals surface area (Å²) in [6.07, 6.45) is 2.64. The monoisotopic (exact) mass is 320 g/mol. The zero-order valence-electron chi connectivity index (χ0n) is 9.52. The molecule has 1 fully saturated rings. The molecule has 1 saturated heterocycles. The Morgan fingerprint density at radius 2 is 2.06 bits per heavy atom. The molecular formula is C13H15BrClFO. The summed E-state index contributed by atoms with van der Waals surface area (Å²) in [7, 11) is 0. The lowest BCUT2D eigenvalue weighted by molar-refractivity contribution is 0.0266. The highest BCUT2D eigenvalue weighted by Crippen LogP contribution is 2.37. The Morgan fingerprint density at radius 1 is 1.35 bits per heavy atom. The van der Waals surface area contributed by atoms with E-state index in [0.29, 0.717) is 17.0 Å². The predicted octanol–water partition coefficient (Wildman–Crippen LogP) is 4.21. The van der Waals surface area contributed by atoms with E-state index in [9.17, 15) is 4.39 Å². The van der Waals surface area contributed by atoms with Crippen molar-refractivity contribution in [1.82, 2.24) is 0 Å². The van der Waals surface area contributed by atoms with Crippen molar-refractivity contribution in [1.29, 1.82) is 0 Å². The van der Waals surface area contributed by atoms with Gasteiger partial charge < -0.3 is 4.74 Å². The minimum Gasteiger partial charge on any atom is -0.381 e. The van der Waals surface area contributed by atoms with Gasteiger partial charge in [0.2, 0.25) is 0 Å². The third kappa shape index (κ3) is 3.21. The summed E-state index contributed by atoms with van der Waals surface area (Å²) in [6.45, 7) is 1.52. The van der Waals surface area contributed by atoms with Gasteiger partial charge in [-0.2, -0.15) is 0 Å². The summed E-state index contributed by atoms with van der Waals surface area (Å²) < 4.78 is 19.1. The molecule has 0 N–H and O–H groups in total. The van der Waals surface area contributed by atoms with Gasteiger partial charge in [-0.25, -0.2) is 4.39 Å². The van der Waals surface area contributed by atoms with E-state index in [1.165, 1.54) is 6.07 Å².